The molecule has 2 amide bonds. The van der Waals surface area contributed by atoms with Crippen LogP contribution in [0.5, 0.6) is 17.2 Å². The van der Waals surface area contributed by atoms with Gasteiger partial charge in [0.05, 0.1) is 19.6 Å². The maximum absolute atomic E-state index is 13.4. The molecule has 3 atom stereocenters. The average molecular weight is 535 g/mol. The number of unbranched alkanes of at least 4 members (excludes halogenated alkanes) is 1. The molecule has 0 bridgehead atoms. The van der Waals surface area contributed by atoms with Gasteiger partial charge in [-0.1, -0.05) is 13.3 Å². The number of rotatable bonds is 14. The van der Waals surface area contributed by atoms with E-state index in [2.05, 4.69) is 6.92 Å². The molecule has 1 fully saturated rings. The minimum Gasteiger partial charge on any atom is -0.493 e. The van der Waals surface area contributed by atoms with Crippen molar-refractivity contribution in [2.24, 2.45) is 11.7 Å². The predicted molar refractivity (Wildman–Crippen MR) is 141 cm³/mol. The van der Waals surface area contributed by atoms with Gasteiger partial charge in [-0.2, -0.15) is 0 Å². The van der Waals surface area contributed by atoms with E-state index in [1.807, 2.05) is 17.9 Å². The van der Waals surface area contributed by atoms with Crippen LogP contribution in [0.15, 0.2) is 12.1 Å². The molecule has 0 spiro atoms. The quantitative estimate of drug-likeness (QED) is 0.366. The standard InChI is InChI=1S/C27H42N4O7/c1-5-7-10-30(12-9-28)24(33)16-31-15-20(19-13-22(36-4)26-23(14-19)37-17-38-26)25(27(34)35)21(31)8-11-29(6-2)18(3)32/h13-14,20-21,25H,5-12,15-17,28H2,1-4H3,(H,34,35)/t20-,21+,25?/m1/s1. The molecule has 0 saturated carbocycles. The van der Waals surface area contributed by atoms with Gasteiger partial charge in [0.2, 0.25) is 24.4 Å². The molecule has 212 valence electrons. The monoisotopic (exact) mass is 534 g/mol. The maximum atomic E-state index is 13.4. The minimum absolute atomic E-state index is 0.0641. The number of hydrogen-bond acceptors (Lipinski definition) is 8. The van der Waals surface area contributed by atoms with E-state index in [4.69, 9.17) is 19.9 Å². The number of hydrogen-bond donors (Lipinski definition) is 2. The average Bonchev–Trinajstić information content (AvgIpc) is 3.51. The van der Waals surface area contributed by atoms with Crippen LogP contribution in [0.4, 0.5) is 0 Å². The second kappa shape index (κ2) is 13.7. The third-order valence-electron chi connectivity index (χ3n) is 7.54. The Hall–Kier alpha value is -3.05. The summed E-state index contributed by atoms with van der Waals surface area (Å²) in [6, 6.07) is 3.16. The molecular weight excluding hydrogens is 492 g/mol. The van der Waals surface area contributed by atoms with Crippen molar-refractivity contribution in [2.75, 3.05) is 59.7 Å². The number of carboxylic acid groups (broad SMARTS) is 1. The van der Waals surface area contributed by atoms with Crippen LogP contribution in [0.25, 0.3) is 0 Å². The second-order valence-electron chi connectivity index (χ2n) is 9.83. The Morgan fingerprint density at radius 1 is 1.16 bits per heavy atom. The fourth-order valence-corrected chi connectivity index (χ4v) is 5.52. The molecule has 2 heterocycles. The Bertz CT molecular complexity index is 988. The summed E-state index contributed by atoms with van der Waals surface area (Å²) in [5.74, 6) is -0.798. The topological polar surface area (TPSA) is 135 Å². The number of likely N-dealkylation sites (tertiary alicyclic amines) is 1. The lowest BCUT2D eigenvalue weighted by molar-refractivity contribution is -0.144. The summed E-state index contributed by atoms with van der Waals surface area (Å²) in [7, 11) is 1.53. The Balaban J connectivity index is 1.94. The van der Waals surface area contributed by atoms with E-state index in [1.165, 1.54) is 14.0 Å². The summed E-state index contributed by atoms with van der Waals surface area (Å²) in [4.78, 5) is 43.6. The lowest BCUT2D eigenvalue weighted by atomic mass is 9.84. The number of carbonyl (C=O) groups excluding carboxylic acids is 2. The van der Waals surface area contributed by atoms with Crippen LogP contribution in [-0.4, -0.2) is 103 Å². The van der Waals surface area contributed by atoms with Crippen LogP contribution >= 0.6 is 0 Å². The summed E-state index contributed by atoms with van der Waals surface area (Å²) < 4.78 is 16.6. The number of carboxylic acids is 1. The van der Waals surface area contributed by atoms with Gasteiger partial charge in [0, 0.05) is 58.2 Å². The van der Waals surface area contributed by atoms with E-state index < -0.39 is 23.8 Å². The number of methoxy groups -OCH3 is 1. The van der Waals surface area contributed by atoms with E-state index in [0.29, 0.717) is 62.9 Å². The first-order valence-electron chi connectivity index (χ1n) is 13.4. The Morgan fingerprint density at radius 2 is 1.92 bits per heavy atom. The number of fused-ring (bicyclic) bond motifs is 1. The first-order chi connectivity index (χ1) is 18.2. The molecule has 3 N–H and O–H groups in total. The van der Waals surface area contributed by atoms with Gasteiger partial charge in [0.15, 0.2) is 11.5 Å². The van der Waals surface area contributed by atoms with Crippen molar-refractivity contribution in [3.05, 3.63) is 17.7 Å². The second-order valence-corrected chi connectivity index (χ2v) is 9.83. The van der Waals surface area contributed by atoms with Crippen LogP contribution in [0.3, 0.4) is 0 Å². The summed E-state index contributed by atoms with van der Waals surface area (Å²) in [5.41, 5.74) is 6.53. The molecule has 1 aromatic carbocycles. The summed E-state index contributed by atoms with van der Waals surface area (Å²) in [6.45, 7) is 8.36. The lowest BCUT2D eigenvalue weighted by Crippen LogP contribution is -2.46. The van der Waals surface area contributed by atoms with Crippen molar-refractivity contribution in [3.8, 4) is 17.2 Å². The molecule has 0 aliphatic carbocycles. The number of benzene rings is 1. The van der Waals surface area contributed by atoms with Gasteiger partial charge < -0.3 is 34.9 Å². The highest BCUT2D eigenvalue weighted by molar-refractivity contribution is 5.79. The fraction of sp³-hybridized carbons (Fsp3) is 0.667. The summed E-state index contributed by atoms with van der Waals surface area (Å²) in [6.07, 6.45) is 2.26. The number of nitrogens with zero attached hydrogens (tertiary/aromatic N) is 3. The lowest BCUT2D eigenvalue weighted by Gasteiger charge is -2.31. The van der Waals surface area contributed by atoms with Crippen LogP contribution in [0, 0.1) is 5.92 Å². The van der Waals surface area contributed by atoms with E-state index in [1.54, 1.807) is 15.9 Å². The van der Waals surface area contributed by atoms with Crippen LogP contribution in [0.1, 0.15) is 51.5 Å². The van der Waals surface area contributed by atoms with Crippen molar-refractivity contribution >= 4 is 17.8 Å². The fourth-order valence-electron chi connectivity index (χ4n) is 5.52. The van der Waals surface area contributed by atoms with E-state index in [0.717, 1.165) is 18.4 Å². The smallest absolute Gasteiger partial charge is 0.308 e. The number of ether oxygens (including phenoxy) is 3. The van der Waals surface area contributed by atoms with Crippen molar-refractivity contribution in [1.82, 2.24) is 14.7 Å². The number of amides is 2. The molecule has 1 aromatic rings. The van der Waals surface area contributed by atoms with Gasteiger partial charge in [-0.15, -0.1) is 0 Å². The zero-order chi connectivity index (χ0) is 27.8. The third kappa shape index (κ3) is 6.68. The number of carbonyl (C=O) groups is 3. The number of aliphatic carboxylic acids is 1. The minimum atomic E-state index is -0.942. The van der Waals surface area contributed by atoms with Gasteiger partial charge >= 0.3 is 5.97 Å². The first-order valence-corrected chi connectivity index (χ1v) is 13.4. The molecule has 11 heteroatoms. The third-order valence-corrected chi connectivity index (χ3v) is 7.54. The van der Waals surface area contributed by atoms with Crippen LogP contribution in [-0.2, 0) is 14.4 Å². The van der Waals surface area contributed by atoms with E-state index >= 15 is 0 Å². The van der Waals surface area contributed by atoms with Crippen molar-refractivity contribution in [3.63, 3.8) is 0 Å². The molecule has 0 aromatic heterocycles. The van der Waals surface area contributed by atoms with Gasteiger partial charge in [-0.25, -0.2) is 0 Å². The van der Waals surface area contributed by atoms with Gasteiger partial charge in [0.1, 0.15) is 0 Å². The zero-order valence-corrected chi connectivity index (χ0v) is 23.0. The maximum Gasteiger partial charge on any atom is 0.308 e. The Kier molecular flexibility index (Phi) is 10.6. The Morgan fingerprint density at radius 3 is 2.53 bits per heavy atom. The highest BCUT2D eigenvalue weighted by atomic mass is 16.7. The van der Waals surface area contributed by atoms with E-state index in [9.17, 15) is 19.5 Å². The van der Waals surface area contributed by atoms with Gasteiger partial charge in [0.25, 0.3) is 0 Å². The normalized spacial score (nSPS) is 20.4. The molecule has 3 rings (SSSR count). The van der Waals surface area contributed by atoms with Gasteiger partial charge in [-0.3, -0.25) is 19.3 Å². The van der Waals surface area contributed by atoms with Crippen molar-refractivity contribution in [1.29, 1.82) is 0 Å². The molecule has 38 heavy (non-hydrogen) atoms. The van der Waals surface area contributed by atoms with E-state index in [-0.39, 0.29) is 25.2 Å². The van der Waals surface area contributed by atoms with Crippen molar-refractivity contribution in [2.45, 2.75) is 52.0 Å². The molecule has 0 radical (unpaired) electrons. The molecular formula is C27H42N4O7. The summed E-state index contributed by atoms with van der Waals surface area (Å²) >= 11 is 0. The van der Waals surface area contributed by atoms with Crippen LogP contribution in [0.2, 0.25) is 0 Å². The van der Waals surface area contributed by atoms with Crippen molar-refractivity contribution < 1.29 is 33.7 Å². The predicted octanol–water partition coefficient (Wildman–Crippen LogP) is 1.74. The summed E-state index contributed by atoms with van der Waals surface area (Å²) in [5, 5.41) is 10.4. The largest absolute Gasteiger partial charge is 0.493 e. The molecule has 2 aliphatic heterocycles. The molecule has 1 unspecified atom stereocenters. The molecule has 1 saturated heterocycles. The SMILES string of the molecule is CCCCN(CCN)C(=O)CN1C[C@H](c2cc(OC)c3c(c2)OCO3)C(C(=O)O)[C@@H]1CCN(CC)C(C)=O. The van der Waals surface area contributed by atoms with Gasteiger partial charge in [-0.05, 0) is 37.5 Å². The Labute approximate surface area is 224 Å². The molecule has 2 aliphatic rings. The first kappa shape index (κ1) is 29.5. The zero-order valence-electron chi connectivity index (χ0n) is 23.0. The number of nitrogens with two attached hydrogens (primary N) is 1. The molecule has 11 nitrogen and oxygen atoms in total. The van der Waals surface area contributed by atoms with Crippen LogP contribution < -0.4 is 19.9 Å². The highest BCUT2D eigenvalue weighted by Crippen LogP contribution is 2.47. The highest BCUT2D eigenvalue weighted by Gasteiger charge is 2.47.